The van der Waals surface area contributed by atoms with Gasteiger partial charge in [0.15, 0.2) is 0 Å². The monoisotopic (exact) mass is 573 g/mol. The quantitative estimate of drug-likeness (QED) is 0.190. The van der Waals surface area contributed by atoms with Gasteiger partial charge in [-0.25, -0.2) is 4.79 Å². The molecule has 0 aliphatic carbocycles. The van der Waals surface area contributed by atoms with E-state index in [0.717, 1.165) is 24.0 Å². The highest BCUT2D eigenvalue weighted by Gasteiger charge is 2.20. The fraction of sp³-hybridized carbons (Fsp3) is 0.212. The summed E-state index contributed by atoms with van der Waals surface area (Å²) in [6.45, 7) is 2.79. The summed E-state index contributed by atoms with van der Waals surface area (Å²) in [5.41, 5.74) is 3.41. The van der Waals surface area contributed by atoms with Gasteiger partial charge in [0.2, 0.25) is 0 Å². The van der Waals surface area contributed by atoms with Gasteiger partial charge in [-0.2, -0.15) is 0 Å². The summed E-state index contributed by atoms with van der Waals surface area (Å²) in [6, 6.07) is 25.2. The normalized spacial score (nSPS) is 10.6. The Morgan fingerprint density at radius 3 is 2.10 bits per heavy atom. The van der Waals surface area contributed by atoms with E-state index >= 15 is 0 Å². The Morgan fingerprint density at radius 1 is 0.829 bits per heavy atom. The molecule has 212 valence electrons. The fourth-order valence-corrected chi connectivity index (χ4v) is 4.69. The van der Waals surface area contributed by atoms with Crippen LogP contribution in [-0.2, 0) is 13.0 Å². The topological polar surface area (TPSA) is 85.3 Å². The van der Waals surface area contributed by atoms with E-state index in [1.54, 1.807) is 38.5 Å². The zero-order valence-electron chi connectivity index (χ0n) is 23.2. The number of hydrogen-bond acceptors (Lipinski definition) is 5. The molecule has 0 atom stereocenters. The molecule has 0 fully saturated rings. The number of carboxylic acids is 1. The van der Waals surface area contributed by atoms with Crippen LogP contribution in [0.3, 0.4) is 0 Å². The molecule has 0 spiro atoms. The highest BCUT2D eigenvalue weighted by Crippen LogP contribution is 2.31. The molecule has 0 unspecified atom stereocenters. The van der Waals surface area contributed by atoms with E-state index < -0.39 is 5.97 Å². The van der Waals surface area contributed by atoms with E-state index in [1.807, 2.05) is 42.2 Å². The Kier molecular flexibility index (Phi) is 9.87. The summed E-state index contributed by atoms with van der Waals surface area (Å²) >= 11 is 6.05. The molecule has 4 rings (SSSR count). The minimum absolute atomic E-state index is 0.0117. The largest absolute Gasteiger partial charge is 0.496 e. The first-order valence-electron chi connectivity index (χ1n) is 13.1. The van der Waals surface area contributed by atoms with Gasteiger partial charge in [-0.15, -0.1) is 0 Å². The number of amides is 1. The summed E-state index contributed by atoms with van der Waals surface area (Å²) in [5, 5.41) is 9.84. The van der Waals surface area contributed by atoms with Gasteiger partial charge < -0.3 is 24.2 Å². The Balaban J connectivity index is 1.55. The van der Waals surface area contributed by atoms with Gasteiger partial charge in [0.25, 0.3) is 5.91 Å². The molecular weight excluding hydrogens is 542 g/mol. The van der Waals surface area contributed by atoms with Crippen LogP contribution in [0.5, 0.6) is 23.0 Å². The number of hydrogen-bond donors (Lipinski definition) is 1. The lowest BCUT2D eigenvalue weighted by Crippen LogP contribution is -2.32. The number of rotatable bonds is 12. The predicted octanol–water partition coefficient (Wildman–Crippen LogP) is 7.43. The molecule has 8 heteroatoms. The lowest BCUT2D eigenvalue weighted by atomic mass is 10.1. The number of halogens is 1. The van der Waals surface area contributed by atoms with Crippen LogP contribution in [0.1, 0.15) is 43.8 Å². The third-order valence-corrected chi connectivity index (χ3v) is 6.96. The van der Waals surface area contributed by atoms with Crippen LogP contribution in [-0.4, -0.2) is 42.6 Å². The summed E-state index contributed by atoms with van der Waals surface area (Å²) < 4.78 is 16.8. The van der Waals surface area contributed by atoms with Crippen molar-refractivity contribution in [2.24, 2.45) is 0 Å². The molecule has 4 aromatic carbocycles. The molecule has 7 nitrogen and oxygen atoms in total. The standard InChI is InChI=1S/C33H32ClNO6/c1-22-29(39-2)18-25(19-30(22)40-3)32(36)35(17-7-10-23-8-5-4-6-9-23)21-24-11-14-27(15-12-24)41-31-20-26(34)13-16-28(31)33(37)38/h4-6,8-9,11-16,18-20H,7,10,17,21H2,1-3H3,(H,37,38). The summed E-state index contributed by atoms with van der Waals surface area (Å²) in [7, 11) is 3.14. The van der Waals surface area contributed by atoms with Crippen molar-refractivity contribution >= 4 is 23.5 Å². The van der Waals surface area contributed by atoms with Crippen molar-refractivity contribution in [3.63, 3.8) is 0 Å². The molecule has 0 aliphatic rings. The molecular formula is C33H32ClNO6. The second-order valence-electron chi connectivity index (χ2n) is 9.51. The summed E-state index contributed by atoms with van der Waals surface area (Å²) in [4.78, 5) is 27.2. The number of ether oxygens (including phenoxy) is 3. The van der Waals surface area contributed by atoms with Crippen molar-refractivity contribution in [2.75, 3.05) is 20.8 Å². The number of carbonyl (C=O) groups is 2. The van der Waals surface area contributed by atoms with Gasteiger partial charge in [-0.1, -0.05) is 54.1 Å². The molecule has 0 bridgehead atoms. The van der Waals surface area contributed by atoms with E-state index in [-0.39, 0.29) is 17.2 Å². The number of carboxylic acid groups (broad SMARTS) is 1. The van der Waals surface area contributed by atoms with Crippen LogP contribution in [0.15, 0.2) is 84.9 Å². The van der Waals surface area contributed by atoms with Crippen molar-refractivity contribution in [3.05, 3.63) is 118 Å². The molecule has 41 heavy (non-hydrogen) atoms. The second-order valence-corrected chi connectivity index (χ2v) is 9.95. The maximum Gasteiger partial charge on any atom is 0.339 e. The van der Waals surface area contributed by atoms with Crippen LogP contribution < -0.4 is 14.2 Å². The number of nitrogens with zero attached hydrogens (tertiary/aromatic N) is 1. The number of aromatic carboxylic acids is 1. The smallest absolute Gasteiger partial charge is 0.339 e. The minimum Gasteiger partial charge on any atom is -0.496 e. The van der Waals surface area contributed by atoms with Gasteiger partial charge in [0.05, 0.1) is 14.2 Å². The fourth-order valence-electron chi connectivity index (χ4n) is 4.53. The zero-order valence-corrected chi connectivity index (χ0v) is 24.0. The number of benzene rings is 4. The maximum atomic E-state index is 13.8. The van der Waals surface area contributed by atoms with Crippen molar-refractivity contribution in [1.82, 2.24) is 4.90 Å². The number of carbonyl (C=O) groups excluding carboxylic acids is 1. The highest BCUT2D eigenvalue weighted by atomic mass is 35.5. The molecule has 0 radical (unpaired) electrons. The third-order valence-electron chi connectivity index (χ3n) is 6.72. The van der Waals surface area contributed by atoms with Gasteiger partial charge in [0, 0.05) is 35.3 Å². The van der Waals surface area contributed by atoms with Gasteiger partial charge in [0.1, 0.15) is 28.6 Å². The molecule has 0 saturated carbocycles. The van der Waals surface area contributed by atoms with E-state index in [2.05, 4.69) is 12.1 Å². The van der Waals surface area contributed by atoms with Gasteiger partial charge >= 0.3 is 5.97 Å². The first-order chi connectivity index (χ1) is 19.8. The Bertz CT molecular complexity index is 1480. The van der Waals surface area contributed by atoms with Gasteiger partial charge in [-0.05, 0) is 67.3 Å². The van der Waals surface area contributed by atoms with Crippen LogP contribution in [0, 0.1) is 6.92 Å². The van der Waals surface area contributed by atoms with Crippen LogP contribution in [0.4, 0.5) is 0 Å². The first-order valence-corrected chi connectivity index (χ1v) is 13.5. The summed E-state index contributed by atoms with van der Waals surface area (Å²) in [5.74, 6) is 0.522. The molecule has 0 heterocycles. The Labute approximate surface area is 244 Å². The molecule has 1 N–H and O–H groups in total. The second kappa shape index (κ2) is 13.7. The minimum atomic E-state index is -1.11. The SMILES string of the molecule is COc1cc(C(=O)N(CCCc2ccccc2)Cc2ccc(Oc3cc(Cl)ccc3C(=O)O)cc2)cc(OC)c1C. The predicted molar refractivity (Wildman–Crippen MR) is 159 cm³/mol. The third kappa shape index (κ3) is 7.58. The molecule has 4 aromatic rings. The molecule has 1 amide bonds. The lowest BCUT2D eigenvalue weighted by Gasteiger charge is -2.24. The van der Waals surface area contributed by atoms with Crippen LogP contribution in [0.2, 0.25) is 5.02 Å². The molecule has 0 aromatic heterocycles. The first kappa shape index (κ1) is 29.5. The Hall–Kier alpha value is -4.49. The molecule has 0 saturated heterocycles. The van der Waals surface area contributed by atoms with Crippen molar-refractivity contribution in [2.45, 2.75) is 26.3 Å². The van der Waals surface area contributed by atoms with E-state index in [4.69, 9.17) is 25.8 Å². The molecule has 0 aliphatic heterocycles. The van der Waals surface area contributed by atoms with Gasteiger partial charge in [-0.3, -0.25) is 4.79 Å². The average Bonchev–Trinajstić information content (AvgIpc) is 2.97. The summed E-state index contributed by atoms with van der Waals surface area (Å²) in [6.07, 6.45) is 1.62. The van der Waals surface area contributed by atoms with Crippen molar-refractivity contribution < 1.29 is 28.9 Å². The zero-order chi connectivity index (χ0) is 29.4. The van der Waals surface area contributed by atoms with E-state index in [0.29, 0.717) is 40.9 Å². The van der Waals surface area contributed by atoms with Crippen LogP contribution >= 0.6 is 11.6 Å². The van der Waals surface area contributed by atoms with E-state index in [1.165, 1.54) is 23.8 Å². The van der Waals surface area contributed by atoms with Crippen LogP contribution in [0.25, 0.3) is 0 Å². The Morgan fingerprint density at radius 2 is 1.49 bits per heavy atom. The maximum absolute atomic E-state index is 13.8. The van der Waals surface area contributed by atoms with Crippen molar-refractivity contribution in [3.8, 4) is 23.0 Å². The highest BCUT2D eigenvalue weighted by molar-refractivity contribution is 6.30. The van der Waals surface area contributed by atoms with E-state index in [9.17, 15) is 14.7 Å². The average molecular weight is 574 g/mol. The number of methoxy groups -OCH3 is 2. The lowest BCUT2D eigenvalue weighted by molar-refractivity contribution is 0.0692. The number of aryl methyl sites for hydroxylation is 1. The van der Waals surface area contributed by atoms with Crippen molar-refractivity contribution in [1.29, 1.82) is 0 Å².